The molecule has 17 heteroatoms. The lowest BCUT2D eigenvalue weighted by Crippen LogP contribution is -2.53. The number of alkyl halides is 1. The second kappa shape index (κ2) is 16.6. The molecule has 0 saturated heterocycles. The van der Waals surface area contributed by atoms with E-state index in [1.54, 1.807) is 41.5 Å². The highest BCUT2D eigenvalue weighted by Gasteiger charge is 2.46. The van der Waals surface area contributed by atoms with Crippen LogP contribution in [0.15, 0.2) is 21.9 Å². The summed E-state index contributed by atoms with van der Waals surface area (Å²) in [5, 5.41) is 10.7. The number of aliphatic hydroxyl groups excluding tert-OH is 1. The summed E-state index contributed by atoms with van der Waals surface area (Å²) in [5.74, 6) is 0.235. The molecule has 1 aromatic rings. The maximum absolute atomic E-state index is 15.4. The largest absolute Gasteiger partial charge is 0.474 e. The molecule has 0 aromatic carbocycles. The minimum atomic E-state index is -4.43. The van der Waals surface area contributed by atoms with Gasteiger partial charge in [-0.05, 0) is 13.0 Å². The molecule has 1 aromatic heterocycles. The van der Waals surface area contributed by atoms with E-state index in [4.69, 9.17) is 24.0 Å². The van der Waals surface area contributed by atoms with Crippen molar-refractivity contribution in [1.29, 1.82) is 0 Å². The van der Waals surface area contributed by atoms with Crippen molar-refractivity contribution in [2.45, 2.75) is 66.0 Å². The van der Waals surface area contributed by atoms with E-state index < -0.39 is 54.5 Å². The minimum Gasteiger partial charge on any atom is -0.385 e. The summed E-state index contributed by atoms with van der Waals surface area (Å²) < 4.78 is 51.3. The Labute approximate surface area is 253 Å². The van der Waals surface area contributed by atoms with E-state index in [1.165, 1.54) is 0 Å². The predicted octanol–water partition coefficient (Wildman–Crippen LogP) is 2.87. The summed E-state index contributed by atoms with van der Waals surface area (Å²) in [7, 11) is -3.29. The Morgan fingerprint density at radius 3 is 1.95 bits per heavy atom. The summed E-state index contributed by atoms with van der Waals surface area (Å²) >= 11 is 1.94. The molecule has 0 bridgehead atoms. The number of carbonyl (C=O) groups is 2. The SMILES string of the molecule is CO[C@](CCN)(COP(=O)(OCCSC(=O)C(C)(C)C)OCCSC(=O)C(C)(C)C)[C@@H](O)[C@@H](F)n1ccc(=O)[nH]c1=O. The Balaban J connectivity index is 3.13. The van der Waals surface area contributed by atoms with E-state index in [0.29, 0.717) is 4.57 Å². The molecule has 1 rings (SSSR count). The topological polar surface area (TPSA) is 189 Å². The number of hydrogen-bond donors (Lipinski definition) is 3. The van der Waals surface area contributed by atoms with Crippen LogP contribution < -0.4 is 17.0 Å². The van der Waals surface area contributed by atoms with Crippen molar-refractivity contribution >= 4 is 41.6 Å². The molecule has 0 saturated carbocycles. The predicted molar refractivity (Wildman–Crippen MR) is 160 cm³/mol. The van der Waals surface area contributed by atoms with E-state index >= 15 is 4.39 Å². The van der Waals surface area contributed by atoms with Gasteiger partial charge in [-0.15, -0.1) is 0 Å². The van der Waals surface area contributed by atoms with Crippen molar-refractivity contribution in [2.24, 2.45) is 16.6 Å². The van der Waals surface area contributed by atoms with Crippen molar-refractivity contribution < 1.29 is 42.0 Å². The second-order valence-electron chi connectivity index (χ2n) is 11.3. The number of nitrogens with two attached hydrogens (primary N) is 1. The van der Waals surface area contributed by atoms with E-state index in [9.17, 15) is 28.8 Å². The molecule has 13 nitrogen and oxygen atoms in total. The molecule has 0 fully saturated rings. The maximum atomic E-state index is 15.4. The molecule has 0 aliphatic rings. The van der Waals surface area contributed by atoms with Crippen LogP contribution in [0.3, 0.4) is 0 Å². The summed E-state index contributed by atoms with van der Waals surface area (Å²) in [6.07, 6.45) is -3.87. The van der Waals surface area contributed by atoms with Crippen LogP contribution in [0, 0.1) is 10.8 Å². The van der Waals surface area contributed by atoms with Crippen LogP contribution in [0.25, 0.3) is 0 Å². The Bertz CT molecular complexity index is 1160. The second-order valence-corrected chi connectivity index (χ2v) is 15.1. The molecule has 42 heavy (non-hydrogen) atoms. The number of aromatic amines is 1. The van der Waals surface area contributed by atoms with Gasteiger partial charge in [-0.2, -0.15) is 0 Å². The molecule has 4 N–H and O–H groups in total. The zero-order valence-corrected chi connectivity index (χ0v) is 27.6. The number of phosphoric ester groups is 1. The number of hydrogen-bond acceptors (Lipinski definition) is 13. The summed E-state index contributed by atoms with van der Waals surface area (Å²) in [5.41, 5.74) is 0.658. The van der Waals surface area contributed by atoms with E-state index in [0.717, 1.165) is 42.9 Å². The van der Waals surface area contributed by atoms with E-state index in [-0.39, 0.29) is 47.9 Å². The van der Waals surface area contributed by atoms with E-state index in [1.807, 2.05) is 4.98 Å². The first-order chi connectivity index (χ1) is 19.3. The molecule has 242 valence electrons. The van der Waals surface area contributed by atoms with Crippen molar-refractivity contribution in [3.8, 4) is 0 Å². The van der Waals surface area contributed by atoms with Gasteiger partial charge >= 0.3 is 13.5 Å². The van der Waals surface area contributed by atoms with Crippen LogP contribution in [-0.4, -0.2) is 81.6 Å². The number of phosphoric acid groups is 1. The van der Waals surface area contributed by atoms with Crippen molar-refractivity contribution in [3.05, 3.63) is 33.1 Å². The normalized spacial score (nSPS) is 15.7. The Morgan fingerprint density at radius 1 is 1.05 bits per heavy atom. The zero-order valence-electron chi connectivity index (χ0n) is 25.0. The Hall–Kier alpha value is -1.36. The highest BCUT2D eigenvalue weighted by atomic mass is 32.2. The third kappa shape index (κ3) is 12.0. The number of aliphatic hydroxyl groups is 1. The molecular weight excluding hydrogens is 616 g/mol. The first-order valence-electron chi connectivity index (χ1n) is 13.1. The summed E-state index contributed by atoms with van der Waals surface area (Å²) in [6.45, 7) is 9.18. The highest BCUT2D eigenvalue weighted by Crippen LogP contribution is 2.51. The quantitative estimate of drug-likeness (QED) is 0.164. The molecule has 1 heterocycles. The smallest absolute Gasteiger partial charge is 0.385 e. The lowest BCUT2D eigenvalue weighted by Gasteiger charge is -2.38. The van der Waals surface area contributed by atoms with Crippen molar-refractivity contribution in [2.75, 3.05) is 45.0 Å². The standard InChI is InChI=1S/C25H43FN3O10PS2/c1-23(2,3)20(32)41-14-12-37-40(35,38-13-15-42-21(33)24(4,5)6)39-16-25(36-7,9-10-27)18(31)19(26)29-11-8-17(30)28-22(29)34/h8,11,18-19,31H,9-10,12-16,27H2,1-7H3,(H,28,30,34)/t18-,19-,25+/m0/s1. The molecule has 0 spiro atoms. The number of nitrogens with one attached hydrogen (secondary N) is 1. The highest BCUT2D eigenvalue weighted by molar-refractivity contribution is 8.14. The van der Waals surface area contributed by atoms with Crippen LogP contribution in [0.4, 0.5) is 4.39 Å². The monoisotopic (exact) mass is 659 g/mol. The molecule has 0 radical (unpaired) electrons. The summed E-state index contributed by atoms with van der Waals surface area (Å²) in [4.78, 5) is 49.8. The van der Waals surface area contributed by atoms with Gasteiger partial charge in [0.05, 0.1) is 19.8 Å². The van der Waals surface area contributed by atoms with Crippen LogP contribution >= 0.6 is 31.3 Å². The number of halogens is 1. The number of aromatic nitrogens is 2. The van der Waals surface area contributed by atoms with Gasteiger partial charge in [0, 0.05) is 41.7 Å². The van der Waals surface area contributed by atoms with Crippen molar-refractivity contribution in [3.63, 3.8) is 0 Å². The third-order valence-corrected chi connectivity index (χ3v) is 9.65. The van der Waals surface area contributed by atoms with Gasteiger partial charge in [0.25, 0.3) is 5.56 Å². The van der Waals surface area contributed by atoms with Gasteiger partial charge < -0.3 is 15.6 Å². The number of H-pyrrole nitrogens is 1. The van der Waals surface area contributed by atoms with Gasteiger partial charge in [-0.3, -0.25) is 37.5 Å². The first kappa shape index (κ1) is 38.7. The van der Waals surface area contributed by atoms with Crippen LogP contribution in [-0.2, 0) is 32.5 Å². The zero-order chi connectivity index (χ0) is 32.4. The molecule has 0 aliphatic carbocycles. The van der Waals surface area contributed by atoms with Crippen LogP contribution in [0.5, 0.6) is 0 Å². The van der Waals surface area contributed by atoms with Gasteiger partial charge in [0.15, 0.2) is 10.2 Å². The lowest BCUT2D eigenvalue weighted by atomic mass is 9.92. The van der Waals surface area contributed by atoms with Crippen LogP contribution in [0.1, 0.15) is 54.3 Å². The minimum absolute atomic E-state index is 0.115. The fraction of sp³-hybridized carbons (Fsp3) is 0.760. The molecular formula is C25H43FN3O10PS2. The van der Waals surface area contributed by atoms with Crippen molar-refractivity contribution in [1.82, 2.24) is 9.55 Å². The molecule has 0 amide bonds. The Kier molecular flexibility index (Phi) is 15.3. The van der Waals surface area contributed by atoms with Gasteiger partial charge in [0.2, 0.25) is 6.30 Å². The summed E-state index contributed by atoms with van der Waals surface area (Å²) in [6, 6.07) is 0.898. The first-order valence-corrected chi connectivity index (χ1v) is 16.5. The molecule has 3 atom stereocenters. The number of nitrogens with zero attached hydrogens (tertiary/aromatic N) is 1. The van der Waals surface area contributed by atoms with Gasteiger partial charge in [0.1, 0.15) is 11.7 Å². The number of thioether (sulfide) groups is 2. The molecule has 0 aliphatic heterocycles. The lowest BCUT2D eigenvalue weighted by molar-refractivity contribution is -0.165. The number of methoxy groups -OCH3 is 1. The van der Waals surface area contributed by atoms with Gasteiger partial charge in [-0.25, -0.2) is 13.8 Å². The average Bonchev–Trinajstić information content (AvgIpc) is 2.89. The maximum Gasteiger partial charge on any atom is 0.474 e. The number of ether oxygens (including phenoxy) is 1. The fourth-order valence-corrected chi connectivity index (χ4v) is 6.20. The van der Waals surface area contributed by atoms with Gasteiger partial charge in [-0.1, -0.05) is 65.1 Å². The number of carbonyl (C=O) groups excluding carboxylic acids is 2. The van der Waals surface area contributed by atoms with E-state index in [2.05, 4.69) is 0 Å². The average molecular weight is 660 g/mol. The third-order valence-electron chi connectivity index (χ3n) is 5.71. The number of rotatable bonds is 17. The Morgan fingerprint density at radius 2 is 1.55 bits per heavy atom. The molecule has 0 unspecified atom stereocenters. The van der Waals surface area contributed by atoms with Crippen LogP contribution in [0.2, 0.25) is 0 Å². The fourth-order valence-electron chi connectivity index (χ4n) is 3.16.